The minimum absolute atomic E-state index is 0.139. The molecule has 0 amide bonds. The minimum atomic E-state index is -0.432. The van der Waals surface area contributed by atoms with Crippen molar-refractivity contribution in [2.75, 3.05) is 6.61 Å². The van der Waals surface area contributed by atoms with E-state index in [4.69, 9.17) is 14.3 Å². The molecule has 0 aromatic heterocycles. The minimum Gasteiger partial charge on any atom is -0.466 e. The van der Waals surface area contributed by atoms with Gasteiger partial charge in [0, 0.05) is 6.42 Å². The lowest BCUT2D eigenvalue weighted by Crippen LogP contribution is -2.28. The molecule has 0 aliphatic heterocycles. The standard InChI is InChI=1S/C11H18O2.CO2/c1-5-8-9-11(4,6-2)10(12)13-7-3;2-1-3/h6-7,9H2,1-4H3;. The second kappa shape index (κ2) is 9.95. The fraction of sp³-hybridized carbons (Fsp3) is 0.667. The Morgan fingerprint density at radius 3 is 2.12 bits per heavy atom. The van der Waals surface area contributed by atoms with Gasteiger partial charge in [0.05, 0.1) is 12.0 Å². The third-order valence-electron chi connectivity index (χ3n) is 2.20. The van der Waals surface area contributed by atoms with Gasteiger partial charge in [0.25, 0.3) is 0 Å². The summed E-state index contributed by atoms with van der Waals surface area (Å²) < 4.78 is 4.99. The topological polar surface area (TPSA) is 60.4 Å². The van der Waals surface area contributed by atoms with Crippen LogP contribution in [-0.4, -0.2) is 18.7 Å². The lowest BCUT2D eigenvalue weighted by atomic mass is 9.84. The molecule has 0 saturated carbocycles. The number of ether oxygens (including phenoxy) is 1. The lowest BCUT2D eigenvalue weighted by Gasteiger charge is -2.22. The molecule has 0 aliphatic carbocycles. The number of carbonyl (C=O) groups is 1. The van der Waals surface area contributed by atoms with Gasteiger partial charge in [-0.15, -0.1) is 11.8 Å². The maximum Gasteiger partial charge on any atom is 0.373 e. The van der Waals surface area contributed by atoms with Gasteiger partial charge in [-0.05, 0) is 27.2 Å². The monoisotopic (exact) mass is 226 g/mol. The van der Waals surface area contributed by atoms with Gasteiger partial charge < -0.3 is 4.74 Å². The molecule has 1 unspecified atom stereocenters. The van der Waals surface area contributed by atoms with Gasteiger partial charge in [0.1, 0.15) is 0 Å². The molecular formula is C12H18O4. The third kappa shape index (κ3) is 6.80. The second-order valence-electron chi connectivity index (χ2n) is 3.32. The van der Waals surface area contributed by atoms with Gasteiger partial charge in [-0.25, -0.2) is 0 Å². The first-order chi connectivity index (χ1) is 7.52. The number of hydrogen-bond acceptors (Lipinski definition) is 4. The Hall–Kier alpha value is -1.59. The molecular weight excluding hydrogens is 208 g/mol. The van der Waals surface area contributed by atoms with Gasteiger partial charge >= 0.3 is 12.1 Å². The highest BCUT2D eigenvalue weighted by Crippen LogP contribution is 2.26. The van der Waals surface area contributed by atoms with E-state index in [-0.39, 0.29) is 12.1 Å². The highest BCUT2D eigenvalue weighted by molar-refractivity contribution is 5.76. The van der Waals surface area contributed by atoms with E-state index in [9.17, 15) is 4.79 Å². The van der Waals surface area contributed by atoms with Gasteiger partial charge in [-0.3, -0.25) is 4.79 Å². The van der Waals surface area contributed by atoms with E-state index in [0.717, 1.165) is 6.42 Å². The molecule has 0 fully saturated rings. The first-order valence-electron chi connectivity index (χ1n) is 5.08. The van der Waals surface area contributed by atoms with Crippen molar-refractivity contribution in [1.82, 2.24) is 0 Å². The van der Waals surface area contributed by atoms with E-state index in [0.29, 0.717) is 13.0 Å². The summed E-state index contributed by atoms with van der Waals surface area (Å²) in [4.78, 5) is 27.8. The predicted octanol–water partition coefficient (Wildman–Crippen LogP) is 1.80. The van der Waals surface area contributed by atoms with Crippen LogP contribution < -0.4 is 0 Å². The first kappa shape index (κ1) is 16.8. The van der Waals surface area contributed by atoms with Crippen LogP contribution in [0.1, 0.15) is 40.5 Å². The summed E-state index contributed by atoms with van der Waals surface area (Å²) in [6.45, 7) is 7.91. The molecule has 0 N–H and O–H groups in total. The summed E-state index contributed by atoms with van der Waals surface area (Å²) in [5.74, 6) is 5.59. The number of carbonyl (C=O) groups excluding carboxylic acids is 3. The Morgan fingerprint density at radius 1 is 1.31 bits per heavy atom. The van der Waals surface area contributed by atoms with Crippen molar-refractivity contribution >= 4 is 12.1 Å². The molecule has 0 saturated heterocycles. The Labute approximate surface area is 96.4 Å². The zero-order valence-corrected chi connectivity index (χ0v) is 10.3. The highest BCUT2D eigenvalue weighted by atomic mass is 16.5. The van der Waals surface area contributed by atoms with Crippen LogP contribution in [0.3, 0.4) is 0 Å². The van der Waals surface area contributed by atoms with Crippen molar-refractivity contribution < 1.29 is 19.1 Å². The van der Waals surface area contributed by atoms with E-state index in [1.807, 2.05) is 20.8 Å². The van der Waals surface area contributed by atoms with Crippen LogP contribution in [0, 0.1) is 17.3 Å². The number of rotatable bonds is 4. The predicted molar refractivity (Wildman–Crippen MR) is 58.1 cm³/mol. The van der Waals surface area contributed by atoms with E-state index < -0.39 is 5.41 Å². The van der Waals surface area contributed by atoms with Crippen molar-refractivity contribution in [2.45, 2.75) is 40.5 Å². The molecule has 0 aromatic carbocycles. The Bertz CT molecular complexity index is 292. The molecule has 16 heavy (non-hydrogen) atoms. The molecule has 1 atom stereocenters. The SMILES string of the molecule is CC#CCC(C)(CC)C(=O)OCC.O=C=O. The Morgan fingerprint density at radius 2 is 1.81 bits per heavy atom. The van der Waals surface area contributed by atoms with Crippen molar-refractivity contribution in [2.24, 2.45) is 5.41 Å². The molecule has 0 rings (SSSR count). The number of hydrogen-bond donors (Lipinski definition) is 0. The van der Waals surface area contributed by atoms with E-state index in [2.05, 4.69) is 11.8 Å². The normalized spacial score (nSPS) is 11.8. The van der Waals surface area contributed by atoms with E-state index >= 15 is 0 Å². The first-order valence-corrected chi connectivity index (χ1v) is 5.08. The maximum atomic E-state index is 11.5. The second-order valence-corrected chi connectivity index (χ2v) is 3.32. The molecule has 0 bridgehead atoms. The van der Waals surface area contributed by atoms with E-state index in [1.54, 1.807) is 6.92 Å². The number of esters is 1. The molecule has 0 spiro atoms. The van der Waals surface area contributed by atoms with Crippen LogP contribution in [-0.2, 0) is 19.1 Å². The fourth-order valence-electron chi connectivity index (χ4n) is 0.930. The molecule has 4 nitrogen and oxygen atoms in total. The van der Waals surface area contributed by atoms with Crippen LogP contribution in [0.5, 0.6) is 0 Å². The van der Waals surface area contributed by atoms with Crippen molar-refractivity contribution in [3.05, 3.63) is 0 Å². The summed E-state index contributed by atoms with van der Waals surface area (Å²) in [6, 6.07) is 0. The summed E-state index contributed by atoms with van der Waals surface area (Å²) >= 11 is 0. The van der Waals surface area contributed by atoms with Crippen molar-refractivity contribution in [3.8, 4) is 11.8 Å². The van der Waals surface area contributed by atoms with Gasteiger partial charge in [-0.2, -0.15) is 9.59 Å². The van der Waals surface area contributed by atoms with Crippen molar-refractivity contribution in [3.63, 3.8) is 0 Å². The molecule has 0 aliphatic rings. The molecule has 0 heterocycles. The largest absolute Gasteiger partial charge is 0.466 e. The Kier molecular flexibility index (Phi) is 10.5. The van der Waals surface area contributed by atoms with Crippen LogP contribution in [0.2, 0.25) is 0 Å². The van der Waals surface area contributed by atoms with Gasteiger partial charge in [-0.1, -0.05) is 6.92 Å². The van der Waals surface area contributed by atoms with Gasteiger partial charge in [0.2, 0.25) is 0 Å². The van der Waals surface area contributed by atoms with Crippen LogP contribution in [0.15, 0.2) is 0 Å². The van der Waals surface area contributed by atoms with Gasteiger partial charge in [0.15, 0.2) is 0 Å². The summed E-state index contributed by atoms with van der Waals surface area (Å²) in [5.41, 5.74) is -0.432. The zero-order chi connectivity index (χ0) is 13.0. The zero-order valence-electron chi connectivity index (χ0n) is 10.3. The quantitative estimate of drug-likeness (QED) is 0.541. The van der Waals surface area contributed by atoms with E-state index in [1.165, 1.54) is 0 Å². The Balaban J connectivity index is 0. The van der Waals surface area contributed by atoms with Crippen molar-refractivity contribution in [1.29, 1.82) is 0 Å². The summed E-state index contributed by atoms with van der Waals surface area (Å²) in [5, 5.41) is 0. The lowest BCUT2D eigenvalue weighted by molar-refractivity contribution is -0.191. The average Bonchev–Trinajstić information content (AvgIpc) is 2.27. The molecule has 0 radical (unpaired) electrons. The summed E-state index contributed by atoms with van der Waals surface area (Å²) in [6.07, 6.45) is 1.60. The van der Waals surface area contributed by atoms with Crippen LogP contribution in [0.4, 0.5) is 0 Å². The fourth-order valence-corrected chi connectivity index (χ4v) is 0.930. The maximum absolute atomic E-state index is 11.5. The molecule has 0 aromatic rings. The average molecular weight is 226 g/mol. The highest BCUT2D eigenvalue weighted by Gasteiger charge is 2.31. The molecule has 4 heteroatoms. The smallest absolute Gasteiger partial charge is 0.373 e. The molecule has 90 valence electrons. The third-order valence-corrected chi connectivity index (χ3v) is 2.20. The van der Waals surface area contributed by atoms with Crippen LogP contribution >= 0.6 is 0 Å². The summed E-state index contributed by atoms with van der Waals surface area (Å²) in [7, 11) is 0. The van der Waals surface area contributed by atoms with Crippen LogP contribution in [0.25, 0.3) is 0 Å².